The Bertz CT molecular complexity index is 393. The molecule has 0 aliphatic carbocycles. The van der Waals surface area contributed by atoms with Gasteiger partial charge in [-0.05, 0) is 45.5 Å². The minimum Gasteiger partial charge on any atom is -0.315 e. The SMILES string of the molecule is CCCNCC(c1ccccc1)N1CCCN(C)CC1C. The van der Waals surface area contributed by atoms with E-state index in [1.165, 1.54) is 31.5 Å². The lowest BCUT2D eigenvalue weighted by Gasteiger charge is -2.36. The molecule has 1 aromatic rings. The molecule has 0 aromatic heterocycles. The highest BCUT2D eigenvalue weighted by molar-refractivity contribution is 5.20. The Morgan fingerprint density at radius 2 is 2.00 bits per heavy atom. The van der Waals surface area contributed by atoms with Crippen molar-refractivity contribution in [3.8, 4) is 0 Å². The fourth-order valence-electron chi connectivity index (χ4n) is 3.37. The summed E-state index contributed by atoms with van der Waals surface area (Å²) in [7, 11) is 2.24. The summed E-state index contributed by atoms with van der Waals surface area (Å²) in [5.74, 6) is 0. The van der Waals surface area contributed by atoms with Crippen LogP contribution in [-0.2, 0) is 0 Å². The first-order valence-electron chi connectivity index (χ1n) is 8.42. The molecule has 1 fully saturated rings. The third-order valence-electron chi connectivity index (χ3n) is 4.45. The molecular weight excluding hydrogens is 258 g/mol. The maximum absolute atomic E-state index is 3.63. The molecule has 1 aliphatic heterocycles. The molecular formula is C18H31N3. The normalized spacial score (nSPS) is 22.9. The second-order valence-electron chi connectivity index (χ2n) is 6.33. The van der Waals surface area contributed by atoms with Crippen LogP contribution in [0.5, 0.6) is 0 Å². The van der Waals surface area contributed by atoms with Crippen LogP contribution in [-0.4, -0.2) is 55.6 Å². The van der Waals surface area contributed by atoms with Crippen LogP contribution < -0.4 is 5.32 Å². The average Bonchev–Trinajstić information content (AvgIpc) is 2.65. The first kappa shape index (κ1) is 16.5. The maximum Gasteiger partial charge on any atom is 0.0476 e. The number of benzene rings is 1. The average molecular weight is 289 g/mol. The molecule has 1 heterocycles. The van der Waals surface area contributed by atoms with Gasteiger partial charge in [0.2, 0.25) is 0 Å². The molecule has 2 rings (SSSR count). The molecule has 0 saturated carbocycles. The molecule has 0 amide bonds. The predicted molar refractivity (Wildman–Crippen MR) is 90.6 cm³/mol. The third kappa shape index (κ3) is 4.80. The van der Waals surface area contributed by atoms with Crippen LogP contribution in [0.3, 0.4) is 0 Å². The molecule has 0 radical (unpaired) electrons. The zero-order valence-electron chi connectivity index (χ0n) is 13.9. The molecule has 0 spiro atoms. The van der Waals surface area contributed by atoms with Crippen molar-refractivity contribution in [3.63, 3.8) is 0 Å². The summed E-state index contributed by atoms with van der Waals surface area (Å²) < 4.78 is 0. The molecule has 2 atom stereocenters. The summed E-state index contributed by atoms with van der Waals surface area (Å²) in [4.78, 5) is 5.16. The lowest BCUT2D eigenvalue weighted by atomic mass is 10.0. The van der Waals surface area contributed by atoms with Crippen molar-refractivity contribution in [3.05, 3.63) is 35.9 Å². The molecule has 118 valence electrons. The number of likely N-dealkylation sites (N-methyl/N-ethyl adjacent to an activating group) is 1. The molecule has 2 unspecified atom stereocenters. The summed E-state index contributed by atoms with van der Waals surface area (Å²) in [6, 6.07) is 12.1. The van der Waals surface area contributed by atoms with Crippen molar-refractivity contribution in [1.29, 1.82) is 0 Å². The Hall–Kier alpha value is -0.900. The molecule has 21 heavy (non-hydrogen) atoms. The first-order valence-corrected chi connectivity index (χ1v) is 8.42. The fraction of sp³-hybridized carbons (Fsp3) is 0.667. The van der Waals surface area contributed by atoms with Gasteiger partial charge in [0.25, 0.3) is 0 Å². The Labute approximate surface area is 130 Å². The van der Waals surface area contributed by atoms with Crippen molar-refractivity contribution >= 4 is 0 Å². The smallest absolute Gasteiger partial charge is 0.0476 e. The largest absolute Gasteiger partial charge is 0.315 e. The molecule has 1 N–H and O–H groups in total. The lowest BCUT2D eigenvalue weighted by molar-refractivity contribution is 0.140. The Kier molecular flexibility index (Phi) is 6.68. The van der Waals surface area contributed by atoms with Gasteiger partial charge in [-0.15, -0.1) is 0 Å². The molecule has 0 bridgehead atoms. The monoisotopic (exact) mass is 289 g/mol. The number of hydrogen-bond acceptors (Lipinski definition) is 3. The number of hydrogen-bond donors (Lipinski definition) is 1. The van der Waals surface area contributed by atoms with Crippen molar-refractivity contribution < 1.29 is 0 Å². The highest BCUT2D eigenvalue weighted by Gasteiger charge is 2.27. The molecule has 1 aliphatic rings. The van der Waals surface area contributed by atoms with E-state index in [0.29, 0.717) is 12.1 Å². The van der Waals surface area contributed by atoms with Gasteiger partial charge < -0.3 is 10.2 Å². The topological polar surface area (TPSA) is 18.5 Å². The van der Waals surface area contributed by atoms with E-state index >= 15 is 0 Å². The van der Waals surface area contributed by atoms with Gasteiger partial charge in [-0.2, -0.15) is 0 Å². The van der Waals surface area contributed by atoms with Gasteiger partial charge in [0.1, 0.15) is 0 Å². The molecule has 1 saturated heterocycles. The van der Waals surface area contributed by atoms with Crippen molar-refractivity contribution in [1.82, 2.24) is 15.1 Å². The fourth-order valence-corrected chi connectivity index (χ4v) is 3.37. The molecule has 1 aromatic carbocycles. The van der Waals surface area contributed by atoms with Crippen LogP contribution in [0.2, 0.25) is 0 Å². The number of nitrogens with zero attached hydrogens (tertiary/aromatic N) is 2. The summed E-state index contributed by atoms with van der Waals surface area (Å²) in [5.41, 5.74) is 1.44. The van der Waals surface area contributed by atoms with Crippen LogP contribution in [0.15, 0.2) is 30.3 Å². The van der Waals surface area contributed by atoms with Crippen LogP contribution >= 0.6 is 0 Å². The van der Waals surface area contributed by atoms with Crippen molar-refractivity contribution in [2.45, 2.75) is 38.8 Å². The zero-order valence-corrected chi connectivity index (χ0v) is 13.9. The summed E-state index contributed by atoms with van der Waals surface area (Å²) in [6.07, 6.45) is 2.46. The van der Waals surface area contributed by atoms with Gasteiger partial charge in [-0.1, -0.05) is 37.3 Å². The van der Waals surface area contributed by atoms with Crippen molar-refractivity contribution in [2.75, 3.05) is 39.8 Å². The van der Waals surface area contributed by atoms with E-state index in [1.807, 2.05) is 0 Å². The molecule has 3 heteroatoms. The maximum atomic E-state index is 3.63. The van der Waals surface area contributed by atoms with Gasteiger partial charge in [0, 0.05) is 31.7 Å². The van der Waals surface area contributed by atoms with E-state index in [4.69, 9.17) is 0 Å². The van der Waals surface area contributed by atoms with E-state index in [2.05, 4.69) is 66.3 Å². The van der Waals surface area contributed by atoms with E-state index in [0.717, 1.165) is 19.6 Å². The minimum atomic E-state index is 0.485. The van der Waals surface area contributed by atoms with Gasteiger partial charge in [0.15, 0.2) is 0 Å². The van der Waals surface area contributed by atoms with E-state index in [-0.39, 0.29) is 0 Å². The van der Waals surface area contributed by atoms with Crippen LogP contribution in [0.4, 0.5) is 0 Å². The Balaban J connectivity index is 2.13. The van der Waals surface area contributed by atoms with E-state index in [9.17, 15) is 0 Å². The number of nitrogens with one attached hydrogen (secondary N) is 1. The minimum absolute atomic E-state index is 0.485. The summed E-state index contributed by atoms with van der Waals surface area (Å²) >= 11 is 0. The highest BCUT2D eigenvalue weighted by Crippen LogP contribution is 2.24. The zero-order chi connectivity index (χ0) is 15.1. The van der Waals surface area contributed by atoms with Gasteiger partial charge >= 0.3 is 0 Å². The second-order valence-corrected chi connectivity index (χ2v) is 6.33. The highest BCUT2D eigenvalue weighted by atomic mass is 15.3. The van der Waals surface area contributed by atoms with Gasteiger partial charge in [-0.25, -0.2) is 0 Å². The van der Waals surface area contributed by atoms with Gasteiger partial charge in [-0.3, -0.25) is 4.90 Å². The summed E-state index contributed by atoms with van der Waals surface area (Å²) in [5, 5.41) is 3.63. The quantitative estimate of drug-likeness (QED) is 0.813. The standard InChI is InChI=1S/C18H31N3/c1-4-11-19-14-18(17-9-6-5-7-10-17)21-13-8-12-20(3)15-16(21)2/h5-7,9-10,16,18-19H,4,8,11-15H2,1-3H3. The lowest BCUT2D eigenvalue weighted by Crippen LogP contribution is -2.44. The summed E-state index contributed by atoms with van der Waals surface area (Å²) in [6.45, 7) is 10.3. The third-order valence-corrected chi connectivity index (χ3v) is 4.45. The van der Waals surface area contributed by atoms with Crippen LogP contribution in [0.25, 0.3) is 0 Å². The van der Waals surface area contributed by atoms with Crippen LogP contribution in [0, 0.1) is 0 Å². The van der Waals surface area contributed by atoms with Gasteiger partial charge in [0.05, 0.1) is 0 Å². The predicted octanol–water partition coefficient (Wildman–Crippen LogP) is 2.75. The van der Waals surface area contributed by atoms with E-state index < -0.39 is 0 Å². The Morgan fingerprint density at radius 3 is 2.71 bits per heavy atom. The number of rotatable bonds is 6. The van der Waals surface area contributed by atoms with E-state index in [1.54, 1.807) is 0 Å². The molecule has 3 nitrogen and oxygen atoms in total. The Morgan fingerprint density at radius 1 is 1.24 bits per heavy atom. The first-order chi connectivity index (χ1) is 10.2. The second kappa shape index (κ2) is 8.52. The van der Waals surface area contributed by atoms with Crippen LogP contribution in [0.1, 0.15) is 38.3 Å². The van der Waals surface area contributed by atoms with Crippen molar-refractivity contribution in [2.24, 2.45) is 0 Å².